The molecule has 4 aromatic rings. The number of carbonyl (C=O) groups excluding carboxylic acids is 1. The second-order valence-corrected chi connectivity index (χ2v) is 21.6. The summed E-state index contributed by atoms with van der Waals surface area (Å²) in [5, 5.41) is 11.6. The average Bonchev–Trinajstić information content (AvgIpc) is 3.56. The summed E-state index contributed by atoms with van der Waals surface area (Å²) >= 11 is 0. The average molecular weight is 613 g/mol. The number of hydrogen-bond donors (Lipinski definition) is 1. The van der Waals surface area contributed by atoms with Crippen LogP contribution in [0.25, 0.3) is 11.1 Å². The van der Waals surface area contributed by atoms with Crippen molar-refractivity contribution in [2.45, 2.75) is 70.0 Å². The number of aryl methyl sites for hydroxylation is 1. The predicted octanol–water partition coefficient (Wildman–Crippen LogP) is 7.61. The standard InChI is InChI=1S/C34H44N4O3Si2/c1-42(2,41-43(3,4)23-13-21-38-25-28(36-37-38)24-27-14-6-5-7-15-27)22-12-20-35-34(39)40-26-33-31-18-10-8-16-29(31)30-17-9-11-19-32(30)33/h5-11,14-19,25,33H,12-13,20-24,26H2,1-4H3,(H,35,39). The lowest BCUT2D eigenvalue weighted by Gasteiger charge is -2.34. The van der Waals surface area contributed by atoms with Crippen LogP contribution in [0.2, 0.25) is 38.3 Å². The van der Waals surface area contributed by atoms with Gasteiger partial charge in [-0.15, -0.1) is 5.10 Å². The first kappa shape index (κ1) is 30.9. The van der Waals surface area contributed by atoms with Crippen molar-refractivity contribution < 1.29 is 13.6 Å². The van der Waals surface area contributed by atoms with Gasteiger partial charge in [0.25, 0.3) is 0 Å². The van der Waals surface area contributed by atoms with E-state index in [-0.39, 0.29) is 12.0 Å². The summed E-state index contributed by atoms with van der Waals surface area (Å²) in [6.45, 7) is 11.0. The van der Waals surface area contributed by atoms with Gasteiger partial charge in [0, 0.05) is 31.6 Å². The Morgan fingerprint density at radius 3 is 2.12 bits per heavy atom. The van der Waals surface area contributed by atoms with Crippen molar-refractivity contribution in [1.29, 1.82) is 0 Å². The molecule has 0 spiro atoms. The summed E-state index contributed by atoms with van der Waals surface area (Å²) in [6.07, 6.45) is 4.43. The van der Waals surface area contributed by atoms with Gasteiger partial charge in [0.05, 0.1) is 5.69 Å². The first-order chi connectivity index (χ1) is 20.7. The molecule has 5 rings (SSSR count). The Morgan fingerprint density at radius 2 is 1.44 bits per heavy atom. The molecular formula is C34H44N4O3Si2. The second-order valence-electron chi connectivity index (χ2n) is 12.7. The van der Waals surface area contributed by atoms with Crippen molar-refractivity contribution in [2.24, 2.45) is 0 Å². The molecule has 1 heterocycles. The molecule has 0 atom stereocenters. The highest BCUT2D eigenvalue weighted by Crippen LogP contribution is 2.44. The SMILES string of the molecule is C[Si](C)(CCCNC(=O)OCC1c2ccccc2-c2ccccc21)O[Si](C)(C)CCCn1cc(Cc2ccccc2)nn1. The normalized spacial score (nSPS) is 13.0. The van der Waals surface area contributed by atoms with Crippen LogP contribution in [0, 0.1) is 0 Å². The number of hydrogen-bond acceptors (Lipinski definition) is 5. The predicted molar refractivity (Wildman–Crippen MR) is 177 cm³/mol. The molecule has 3 aromatic carbocycles. The largest absolute Gasteiger partial charge is 0.455 e. The van der Waals surface area contributed by atoms with Gasteiger partial charge >= 0.3 is 6.09 Å². The molecule has 0 saturated heterocycles. The van der Waals surface area contributed by atoms with Crippen LogP contribution in [0.1, 0.15) is 41.1 Å². The van der Waals surface area contributed by atoms with E-state index in [1.165, 1.54) is 27.8 Å². The molecule has 7 nitrogen and oxygen atoms in total. The Hall–Kier alpha value is -3.54. The minimum absolute atomic E-state index is 0.0750. The number of nitrogens with one attached hydrogen (secondary N) is 1. The highest BCUT2D eigenvalue weighted by Gasteiger charge is 2.32. The Labute approximate surface area is 257 Å². The molecule has 0 unspecified atom stereocenters. The molecule has 1 aliphatic carbocycles. The summed E-state index contributed by atoms with van der Waals surface area (Å²) in [5.41, 5.74) is 7.16. The first-order valence-electron chi connectivity index (χ1n) is 15.4. The molecule has 0 fully saturated rings. The van der Waals surface area contributed by atoms with Gasteiger partial charge < -0.3 is 14.2 Å². The van der Waals surface area contributed by atoms with Crippen molar-refractivity contribution in [3.05, 3.63) is 107 Å². The number of aromatic nitrogens is 3. The van der Waals surface area contributed by atoms with Gasteiger partial charge in [0.1, 0.15) is 6.61 Å². The smallest absolute Gasteiger partial charge is 0.407 e. The summed E-state index contributed by atoms with van der Waals surface area (Å²) in [5.74, 6) is 0.0750. The maximum Gasteiger partial charge on any atom is 0.407 e. The van der Waals surface area contributed by atoms with E-state index >= 15 is 0 Å². The molecule has 0 saturated carbocycles. The lowest BCUT2D eigenvalue weighted by molar-refractivity contribution is 0.143. The van der Waals surface area contributed by atoms with Crippen molar-refractivity contribution in [1.82, 2.24) is 20.3 Å². The van der Waals surface area contributed by atoms with E-state index in [4.69, 9.17) is 8.85 Å². The second kappa shape index (κ2) is 13.8. The number of fused-ring (bicyclic) bond motifs is 3. The zero-order chi connectivity index (χ0) is 30.3. The van der Waals surface area contributed by atoms with Gasteiger partial charge in [0.15, 0.2) is 16.6 Å². The summed E-state index contributed by atoms with van der Waals surface area (Å²) < 4.78 is 14.5. The number of nitrogens with zero attached hydrogens (tertiary/aromatic N) is 3. The van der Waals surface area contributed by atoms with Crippen LogP contribution < -0.4 is 5.32 Å². The summed E-state index contributed by atoms with van der Waals surface area (Å²) in [4.78, 5) is 12.5. The Morgan fingerprint density at radius 1 is 0.837 bits per heavy atom. The number of benzene rings is 3. The van der Waals surface area contributed by atoms with Crippen LogP contribution in [0.4, 0.5) is 4.79 Å². The van der Waals surface area contributed by atoms with E-state index in [1.807, 2.05) is 10.7 Å². The van der Waals surface area contributed by atoms with E-state index in [0.717, 1.165) is 43.6 Å². The number of ether oxygens (including phenoxy) is 1. The maximum absolute atomic E-state index is 12.5. The first-order valence-corrected chi connectivity index (χ1v) is 21.6. The monoisotopic (exact) mass is 612 g/mol. The van der Waals surface area contributed by atoms with Gasteiger partial charge in [-0.05, 0) is 78.9 Å². The zero-order valence-corrected chi connectivity index (χ0v) is 27.9. The zero-order valence-electron chi connectivity index (χ0n) is 25.9. The molecule has 0 radical (unpaired) electrons. The van der Waals surface area contributed by atoms with Crippen LogP contribution in [-0.4, -0.2) is 50.9 Å². The third-order valence-electron chi connectivity index (χ3n) is 8.10. The quantitative estimate of drug-likeness (QED) is 0.117. The van der Waals surface area contributed by atoms with Crippen LogP contribution in [0.15, 0.2) is 85.1 Å². The topological polar surface area (TPSA) is 78.3 Å². The number of carbonyl (C=O) groups is 1. The third-order valence-corrected chi connectivity index (χ3v) is 15.6. The van der Waals surface area contributed by atoms with E-state index < -0.39 is 16.6 Å². The summed E-state index contributed by atoms with van der Waals surface area (Å²) in [7, 11) is -3.69. The number of rotatable bonds is 14. The van der Waals surface area contributed by atoms with Gasteiger partial charge in [-0.25, -0.2) is 4.79 Å². The minimum atomic E-state index is -1.86. The van der Waals surface area contributed by atoms with Crippen molar-refractivity contribution in [3.63, 3.8) is 0 Å². The minimum Gasteiger partial charge on any atom is -0.455 e. The molecule has 226 valence electrons. The fraction of sp³-hybridized carbons (Fsp3) is 0.382. The van der Waals surface area contributed by atoms with E-state index in [0.29, 0.717) is 13.2 Å². The summed E-state index contributed by atoms with van der Waals surface area (Å²) in [6, 6.07) is 29.2. The van der Waals surface area contributed by atoms with Crippen molar-refractivity contribution in [2.75, 3.05) is 13.2 Å². The van der Waals surface area contributed by atoms with Gasteiger partial charge in [0.2, 0.25) is 0 Å². The highest BCUT2D eigenvalue weighted by atomic mass is 28.4. The molecule has 1 aliphatic rings. The fourth-order valence-corrected chi connectivity index (χ4v) is 15.0. The highest BCUT2D eigenvalue weighted by molar-refractivity contribution is 6.84. The number of amides is 1. The van der Waals surface area contributed by atoms with Crippen LogP contribution in [0.5, 0.6) is 0 Å². The van der Waals surface area contributed by atoms with Crippen molar-refractivity contribution >= 4 is 22.7 Å². The molecule has 1 amide bonds. The Kier molecular flexibility index (Phi) is 9.94. The molecule has 0 bridgehead atoms. The Bertz CT molecular complexity index is 1460. The van der Waals surface area contributed by atoms with E-state index in [2.05, 4.69) is 121 Å². The molecule has 43 heavy (non-hydrogen) atoms. The third kappa shape index (κ3) is 8.52. The molecular weight excluding hydrogens is 569 g/mol. The Balaban J connectivity index is 0.994. The maximum atomic E-state index is 12.5. The molecule has 1 N–H and O–H groups in total. The fourth-order valence-electron chi connectivity index (χ4n) is 6.20. The molecule has 9 heteroatoms. The van der Waals surface area contributed by atoms with Crippen LogP contribution in [0.3, 0.4) is 0 Å². The number of alkyl carbamates (subject to hydrolysis) is 1. The van der Waals surface area contributed by atoms with Gasteiger partial charge in [-0.2, -0.15) is 0 Å². The van der Waals surface area contributed by atoms with Gasteiger partial charge in [-0.1, -0.05) is 84.1 Å². The molecule has 1 aromatic heterocycles. The van der Waals surface area contributed by atoms with E-state index in [1.54, 1.807) is 0 Å². The van der Waals surface area contributed by atoms with E-state index in [9.17, 15) is 4.79 Å². The van der Waals surface area contributed by atoms with Gasteiger partial charge in [-0.3, -0.25) is 4.68 Å². The van der Waals surface area contributed by atoms with Crippen LogP contribution in [-0.2, 0) is 21.8 Å². The molecule has 0 aliphatic heterocycles. The lowest BCUT2D eigenvalue weighted by atomic mass is 9.98. The lowest BCUT2D eigenvalue weighted by Crippen LogP contribution is -2.44. The van der Waals surface area contributed by atoms with Crippen LogP contribution >= 0.6 is 0 Å². The van der Waals surface area contributed by atoms with Crippen molar-refractivity contribution in [3.8, 4) is 11.1 Å².